The van der Waals surface area contributed by atoms with Gasteiger partial charge in [-0.15, -0.1) is 0 Å². The molecule has 1 heterocycles. The highest BCUT2D eigenvalue weighted by Crippen LogP contribution is 2.31. The molecule has 0 aliphatic heterocycles. The molecule has 1 aromatic heterocycles. The number of hydrogen-bond acceptors (Lipinski definition) is 6. The molecule has 0 atom stereocenters. The summed E-state index contributed by atoms with van der Waals surface area (Å²) in [6.07, 6.45) is 1.53. The Morgan fingerprint density at radius 1 is 1.00 bits per heavy atom. The van der Waals surface area contributed by atoms with Gasteiger partial charge in [0.1, 0.15) is 5.82 Å². The molecule has 0 N–H and O–H groups in total. The van der Waals surface area contributed by atoms with Crippen LogP contribution in [0.2, 0.25) is 0 Å². The average Bonchev–Trinajstić information content (AvgIpc) is 3.31. The highest BCUT2D eigenvalue weighted by molar-refractivity contribution is 9.10. The summed E-state index contributed by atoms with van der Waals surface area (Å²) in [5.41, 5.74) is 1.52. The third-order valence-corrected chi connectivity index (χ3v) is 9.15. The van der Waals surface area contributed by atoms with E-state index in [2.05, 4.69) is 26.0 Å². The summed E-state index contributed by atoms with van der Waals surface area (Å²) in [4.78, 5) is 18.3. The van der Waals surface area contributed by atoms with Gasteiger partial charge < -0.3 is 0 Å². The minimum atomic E-state index is -3.75. The van der Waals surface area contributed by atoms with Crippen LogP contribution in [-0.4, -0.2) is 42.9 Å². The van der Waals surface area contributed by atoms with Crippen molar-refractivity contribution in [1.29, 1.82) is 0 Å². The second-order valence-corrected chi connectivity index (χ2v) is 14.0. The van der Waals surface area contributed by atoms with Crippen molar-refractivity contribution in [3.8, 4) is 0 Å². The summed E-state index contributed by atoms with van der Waals surface area (Å²) < 4.78 is 43.6. The number of rotatable bonds is 10. The molecule has 0 radical (unpaired) electrons. The van der Waals surface area contributed by atoms with Gasteiger partial charge in [0.2, 0.25) is 15.2 Å². The molecule has 0 unspecified atom stereocenters. The van der Waals surface area contributed by atoms with Crippen molar-refractivity contribution >= 4 is 64.8 Å². The molecule has 0 spiro atoms. The van der Waals surface area contributed by atoms with E-state index in [-0.39, 0.29) is 27.4 Å². The minimum Gasteiger partial charge on any atom is -0.267 e. The normalized spacial score (nSPS) is 12.3. The Labute approximate surface area is 246 Å². The lowest BCUT2D eigenvalue weighted by atomic mass is 10.2. The second-order valence-electron chi connectivity index (χ2n) is 10.2. The van der Waals surface area contributed by atoms with Gasteiger partial charge >= 0.3 is 0 Å². The van der Waals surface area contributed by atoms with Crippen LogP contribution in [0.3, 0.4) is 0 Å². The fraction of sp³-hybridized carbons (Fsp3) is 0.276. The van der Waals surface area contributed by atoms with Gasteiger partial charge in [0.25, 0.3) is 5.91 Å². The molecule has 0 saturated heterocycles. The van der Waals surface area contributed by atoms with E-state index < -0.39 is 21.7 Å². The van der Waals surface area contributed by atoms with Gasteiger partial charge in [-0.25, -0.2) is 17.8 Å². The Bertz CT molecular complexity index is 1610. The number of halogens is 2. The number of thiazole rings is 1. The highest BCUT2D eigenvalue weighted by Gasteiger charge is 2.27. The number of hydrazone groups is 1. The number of anilines is 1. The van der Waals surface area contributed by atoms with E-state index in [0.29, 0.717) is 23.3 Å². The van der Waals surface area contributed by atoms with E-state index in [1.165, 1.54) is 46.9 Å². The molecule has 0 saturated carbocycles. The molecule has 4 aromatic rings. The third-order valence-electron chi connectivity index (χ3n) is 5.78. The molecule has 1 amide bonds. The Kier molecular flexibility index (Phi) is 9.50. The summed E-state index contributed by atoms with van der Waals surface area (Å²) in [6, 6.07) is 17.5. The molecule has 0 aliphatic rings. The molecule has 0 bridgehead atoms. The van der Waals surface area contributed by atoms with Crippen molar-refractivity contribution in [3.63, 3.8) is 0 Å². The van der Waals surface area contributed by atoms with Crippen molar-refractivity contribution in [1.82, 2.24) is 9.29 Å². The fourth-order valence-electron chi connectivity index (χ4n) is 3.96. The molecular weight excluding hydrogens is 615 g/mol. The number of hydrogen-bond donors (Lipinski definition) is 0. The van der Waals surface area contributed by atoms with Crippen molar-refractivity contribution in [2.24, 2.45) is 16.9 Å². The van der Waals surface area contributed by atoms with Crippen LogP contribution in [0.4, 0.5) is 9.52 Å². The Morgan fingerprint density at radius 2 is 1.62 bits per heavy atom. The van der Waals surface area contributed by atoms with E-state index in [0.717, 1.165) is 26.4 Å². The van der Waals surface area contributed by atoms with Crippen LogP contribution in [-0.2, 0) is 10.0 Å². The second kappa shape index (κ2) is 12.7. The Balaban J connectivity index is 1.68. The maximum atomic E-state index is 13.8. The first-order valence-corrected chi connectivity index (χ1v) is 15.8. The van der Waals surface area contributed by atoms with E-state index in [4.69, 9.17) is 0 Å². The molecule has 0 aliphatic carbocycles. The maximum Gasteiger partial charge on any atom is 0.280 e. The summed E-state index contributed by atoms with van der Waals surface area (Å²) in [6.45, 7) is 8.71. The lowest BCUT2D eigenvalue weighted by molar-refractivity contribution is 0.0987. The molecule has 40 heavy (non-hydrogen) atoms. The van der Waals surface area contributed by atoms with Crippen molar-refractivity contribution in [3.05, 3.63) is 88.1 Å². The number of sulfonamides is 1. The van der Waals surface area contributed by atoms with Crippen LogP contribution in [0.1, 0.15) is 43.6 Å². The number of benzene rings is 3. The summed E-state index contributed by atoms with van der Waals surface area (Å²) in [7, 11) is -3.75. The van der Waals surface area contributed by atoms with Crippen molar-refractivity contribution in [2.45, 2.75) is 32.6 Å². The van der Waals surface area contributed by atoms with Gasteiger partial charge in [-0.2, -0.15) is 14.4 Å². The van der Waals surface area contributed by atoms with E-state index in [1.807, 2.05) is 52.0 Å². The van der Waals surface area contributed by atoms with Crippen LogP contribution in [0.5, 0.6) is 0 Å². The standard InChI is InChI=1S/C29H30BrFN4O3S2/c1-19(2)17-34(18-20(3)4)40(37,38)25-12-7-22(8-13-25)28(36)35(32-16-21-5-9-23(30)10-6-21)29-33-26-14-11-24(31)15-27(26)39-29/h5-16,19-20H,17-18H2,1-4H3/b32-16+. The predicted octanol–water partition coefficient (Wildman–Crippen LogP) is 7.18. The van der Waals surface area contributed by atoms with Crippen LogP contribution >= 0.6 is 27.3 Å². The average molecular weight is 646 g/mol. The van der Waals surface area contributed by atoms with Gasteiger partial charge in [0, 0.05) is 23.1 Å². The SMILES string of the molecule is CC(C)CN(CC(C)C)S(=O)(=O)c1ccc(C(=O)N(/N=C/c2ccc(Br)cc2)c2nc3ccc(F)cc3s2)cc1. The number of carbonyl (C=O) groups is 1. The number of nitrogens with zero attached hydrogens (tertiary/aromatic N) is 4. The molecular formula is C29H30BrFN4O3S2. The maximum absolute atomic E-state index is 13.8. The largest absolute Gasteiger partial charge is 0.280 e. The zero-order chi connectivity index (χ0) is 29.0. The zero-order valence-electron chi connectivity index (χ0n) is 22.6. The Morgan fingerprint density at radius 3 is 2.23 bits per heavy atom. The first kappa shape index (κ1) is 30.0. The van der Waals surface area contributed by atoms with Crippen LogP contribution in [0.25, 0.3) is 10.2 Å². The van der Waals surface area contributed by atoms with E-state index >= 15 is 0 Å². The van der Waals surface area contributed by atoms with Gasteiger partial charge in [-0.05, 0) is 72.0 Å². The third kappa shape index (κ3) is 7.20. The highest BCUT2D eigenvalue weighted by atomic mass is 79.9. The predicted molar refractivity (Wildman–Crippen MR) is 163 cm³/mol. The van der Waals surface area contributed by atoms with Gasteiger partial charge in [0.15, 0.2) is 0 Å². The topological polar surface area (TPSA) is 82.9 Å². The molecule has 210 valence electrons. The molecule has 11 heteroatoms. The number of fused-ring (bicyclic) bond motifs is 1. The summed E-state index contributed by atoms with van der Waals surface area (Å²) in [5, 5.41) is 5.83. The van der Waals surface area contributed by atoms with Crippen molar-refractivity contribution in [2.75, 3.05) is 18.1 Å². The number of aromatic nitrogens is 1. The van der Waals surface area contributed by atoms with Gasteiger partial charge in [0.05, 0.1) is 21.3 Å². The molecule has 3 aromatic carbocycles. The molecule has 4 rings (SSSR count). The molecule has 7 nitrogen and oxygen atoms in total. The fourth-order valence-corrected chi connectivity index (χ4v) is 6.94. The summed E-state index contributed by atoms with van der Waals surface area (Å²) in [5.74, 6) is -0.583. The summed E-state index contributed by atoms with van der Waals surface area (Å²) >= 11 is 4.53. The van der Waals surface area contributed by atoms with Crippen LogP contribution in [0.15, 0.2) is 81.2 Å². The van der Waals surface area contributed by atoms with Crippen LogP contribution in [0, 0.1) is 17.7 Å². The van der Waals surface area contributed by atoms with Gasteiger partial charge in [-0.3, -0.25) is 4.79 Å². The smallest absolute Gasteiger partial charge is 0.267 e. The lowest BCUT2D eigenvalue weighted by Crippen LogP contribution is -2.37. The van der Waals surface area contributed by atoms with Gasteiger partial charge in [-0.1, -0.05) is 67.1 Å². The monoisotopic (exact) mass is 644 g/mol. The van der Waals surface area contributed by atoms with Crippen molar-refractivity contribution < 1.29 is 17.6 Å². The number of carbonyl (C=O) groups excluding carboxylic acids is 1. The first-order chi connectivity index (χ1) is 18.9. The molecule has 0 fully saturated rings. The van der Waals surface area contributed by atoms with Crippen LogP contribution < -0.4 is 5.01 Å². The Hall–Kier alpha value is -2.99. The van der Waals surface area contributed by atoms with E-state index in [9.17, 15) is 17.6 Å². The minimum absolute atomic E-state index is 0.116. The first-order valence-electron chi connectivity index (χ1n) is 12.7. The lowest BCUT2D eigenvalue weighted by Gasteiger charge is -2.25. The number of amides is 1. The zero-order valence-corrected chi connectivity index (χ0v) is 25.8. The quantitative estimate of drug-likeness (QED) is 0.135. The van der Waals surface area contributed by atoms with E-state index in [1.54, 1.807) is 6.07 Å².